The van der Waals surface area contributed by atoms with Crippen LogP contribution in [0.3, 0.4) is 0 Å². The Hall–Kier alpha value is -1.02. The van der Waals surface area contributed by atoms with Gasteiger partial charge in [0, 0.05) is 9.50 Å². The fourth-order valence-corrected chi connectivity index (χ4v) is 2.61. The third-order valence-corrected chi connectivity index (χ3v) is 3.43. The summed E-state index contributed by atoms with van der Waals surface area (Å²) in [6.07, 6.45) is 0. The first-order chi connectivity index (χ1) is 8.58. The molecule has 2 nitrogen and oxygen atoms in total. The van der Waals surface area contributed by atoms with Gasteiger partial charge >= 0.3 is 0 Å². The zero-order chi connectivity index (χ0) is 13.1. The van der Waals surface area contributed by atoms with Crippen molar-refractivity contribution in [1.82, 2.24) is 0 Å². The molecule has 0 saturated heterocycles. The van der Waals surface area contributed by atoms with Crippen LogP contribution in [0.25, 0.3) is 0 Å². The predicted molar refractivity (Wildman–Crippen MR) is 78.1 cm³/mol. The predicted octanol–water partition coefficient (Wildman–Crippen LogP) is 5.53. The summed E-state index contributed by atoms with van der Waals surface area (Å²) in [6.45, 7) is 0. The van der Waals surface area contributed by atoms with E-state index in [2.05, 4.69) is 37.9 Å². The number of ether oxygens (including phenoxy) is 1. The Morgan fingerprint density at radius 2 is 1.89 bits per heavy atom. The highest BCUT2D eigenvalue weighted by Crippen LogP contribution is 2.33. The van der Waals surface area contributed by atoms with Crippen molar-refractivity contribution in [2.75, 3.05) is 0 Å². The SMILES string of the molecule is N#Cc1cc(Br)cc(Oc2ccc(Cl)cc2Br)c1. The molecule has 0 aromatic heterocycles. The van der Waals surface area contributed by atoms with Gasteiger partial charge in [-0.25, -0.2) is 0 Å². The van der Waals surface area contributed by atoms with Gasteiger partial charge in [-0.15, -0.1) is 0 Å². The van der Waals surface area contributed by atoms with Crippen molar-refractivity contribution < 1.29 is 4.74 Å². The van der Waals surface area contributed by atoms with E-state index < -0.39 is 0 Å². The molecular weight excluding hydrogens is 381 g/mol. The number of hydrogen-bond acceptors (Lipinski definition) is 2. The summed E-state index contributed by atoms with van der Waals surface area (Å²) in [5.41, 5.74) is 0.532. The van der Waals surface area contributed by atoms with Crippen molar-refractivity contribution in [3.63, 3.8) is 0 Å². The molecule has 0 heterocycles. The van der Waals surface area contributed by atoms with Crippen LogP contribution in [0.4, 0.5) is 0 Å². The first-order valence-corrected chi connectivity index (χ1v) is 6.88. The molecule has 2 aromatic carbocycles. The first kappa shape index (κ1) is 13.4. The molecule has 0 unspecified atom stereocenters. The van der Waals surface area contributed by atoms with Crippen molar-refractivity contribution in [2.24, 2.45) is 0 Å². The quantitative estimate of drug-likeness (QED) is 0.679. The van der Waals surface area contributed by atoms with E-state index in [0.717, 1.165) is 8.95 Å². The number of nitrogens with zero attached hydrogens (tertiary/aromatic N) is 1. The molecular formula is C13H6Br2ClNO. The summed E-state index contributed by atoms with van der Waals surface area (Å²) in [5, 5.41) is 9.52. The molecule has 0 bridgehead atoms. The topological polar surface area (TPSA) is 33.0 Å². The lowest BCUT2D eigenvalue weighted by molar-refractivity contribution is 0.479. The van der Waals surface area contributed by atoms with Crippen molar-refractivity contribution in [1.29, 1.82) is 5.26 Å². The Labute approximate surface area is 126 Å². The number of benzene rings is 2. The highest BCUT2D eigenvalue weighted by Gasteiger charge is 2.05. The van der Waals surface area contributed by atoms with Crippen molar-refractivity contribution in [3.05, 3.63) is 55.9 Å². The van der Waals surface area contributed by atoms with Crippen molar-refractivity contribution in [3.8, 4) is 17.6 Å². The summed E-state index contributed by atoms with van der Waals surface area (Å²) in [5.74, 6) is 1.23. The summed E-state index contributed by atoms with van der Waals surface area (Å²) in [7, 11) is 0. The van der Waals surface area contributed by atoms with Gasteiger partial charge in [-0.1, -0.05) is 27.5 Å². The van der Waals surface area contributed by atoms with Crippen LogP contribution in [-0.4, -0.2) is 0 Å². The van der Waals surface area contributed by atoms with Crippen LogP contribution in [0.2, 0.25) is 5.02 Å². The van der Waals surface area contributed by atoms with Crippen molar-refractivity contribution >= 4 is 43.5 Å². The lowest BCUT2D eigenvalue weighted by Gasteiger charge is -2.08. The zero-order valence-electron chi connectivity index (χ0n) is 8.95. The van der Waals surface area contributed by atoms with E-state index in [0.29, 0.717) is 22.1 Å². The maximum absolute atomic E-state index is 8.89. The molecule has 5 heteroatoms. The first-order valence-electron chi connectivity index (χ1n) is 4.92. The second kappa shape index (κ2) is 5.75. The van der Waals surface area contributed by atoms with Gasteiger partial charge in [-0.05, 0) is 52.3 Å². The summed E-state index contributed by atoms with van der Waals surface area (Å²) in [6, 6.07) is 12.5. The molecule has 0 atom stereocenters. The molecule has 2 aromatic rings. The van der Waals surface area contributed by atoms with Crippen LogP contribution in [-0.2, 0) is 0 Å². The smallest absolute Gasteiger partial charge is 0.141 e. The Kier molecular flexibility index (Phi) is 4.28. The molecule has 0 radical (unpaired) electrons. The minimum Gasteiger partial charge on any atom is -0.456 e. The third-order valence-electron chi connectivity index (χ3n) is 2.12. The Morgan fingerprint density at radius 3 is 2.56 bits per heavy atom. The van der Waals surface area contributed by atoms with Gasteiger partial charge < -0.3 is 4.74 Å². The average molecular weight is 387 g/mol. The van der Waals surface area contributed by atoms with Crippen LogP contribution in [0.15, 0.2) is 45.3 Å². The molecule has 0 spiro atoms. The fraction of sp³-hybridized carbons (Fsp3) is 0. The van der Waals surface area contributed by atoms with Crippen LogP contribution in [0.5, 0.6) is 11.5 Å². The normalized spacial score (nSPS) is 9.89. The van der Waals surface area contributed by atoms with Crippen LogP contribution in [0.1, 0.15) is 5.56 Å². The monoisotopic (exact) mass is 385 g/mol. The van der Waals surface area contributed by atoms with Gasteiger partial charge in [0.25, 0.3) is 0 Å². The van der Waals surface area contributed by atoms with Crippen molar-refractivity contribution in [2.45, 2.75) is 0 Å². The number of halogens is 3. The van der Waals surface area contributed by atoms with Gasteiger partial charge in [0.1, 0.15) is 11.5 Å². The van der Waals surface area contributed by atoms with Gasteiger partial charge in [0.15, 0.2) is 0 Å². The van der Waals surface area contributed by atoms with E-state index in [4.69, 9.17) is 21.6 Å². The minimum absolute atomic E-state index is 0.532. The fourth-order valence-electron chi connectivity index (χ4n) is 1.37. The molecule has 0 N–H and O–H groups in total. The van der Waals surface area contributed by atoms with E-state index in [1.54, 1.807) is 36.4 Å². The van der Waals surface area contributed by atoms with Crippen LogP contribution in [0, 0.1) is 11.3 Å². The van der Waals surface area contributed by atoms with E-state index in [1.165, 1.54) is 0 Å². The molecule has 90 valence electrons. The van der Waals surface area contributed by atoms with Gasteiger partial charge in [0.2, 0.25) is 0 Å². The third kappa shape index (κ3) is 3.26. The van der Waals surface area contributed by atoms with E-state index in [9.17, 15) is 0 Å². The maximum atomic E-state index is 8.89. The van der Waals surface area contributed by atoms with Gasteiger partial charge in [-0.3, -0.25) is 0 Å². The Morgan fingerprint density at radius 1 is 1.11 bits per heavy atom. The lowest BCUT2D eigenvalue weighted by atomic mass is 10.2. The molecule has 0 saturated carbocycles. The molecule has 0 aliphatic carbocycles. The molecule has 0 aliphatic heterocycles. The average Bonchev–Trinajstić information content (AvgIpc) is 2.32. The molecule has 0 amide bonds. The number of hydrogen-bond donors (Lipinski definition) is 0. The molecule has 0 aliphatic rings. The highest BCUT2D eigenvalue weighted by atomic mass is 79.9. The van der Waals surface area contributed by atoms with Gasteiger partial charge in [0.05, 0.1) is 16.1 Å². The molecule has 2 rings (SSSR count). The van der Waals surface area contributed by atoms with E-state index in [-0.39, 0.29) is 0 Å². The summed E-state index contributed by atoms with van der Waals surface area (Å²) >= 11 is 12.6. The second-order valence-corrected chi connectivity index (χ2v) is 5.67. The molecule has 18 heavy (non-hydrogen) atoms. The summed E-state index contributed by atoms with van der Waals surface area (Å²) < 4.78 is 7.25. The zero-order valence-corrected chi connectivity index (χ0v) is 12.9. The molecule has 0 fully saturated rings. The maximum Gasteiger partial charge on any atom is 0.141 e. The Balaban J connectivity index is 2.34. The summed E-state index contributed by atoms with van der Waals surface area (Å²) in [4.78, 5) is 0. The lowest BCUT2D eigenvalue weighted by Crippen LogP contribution is -1.87. The van der Waals surface area contributed by atoms with E-state index >= 15 is 0 Å². The Bertz CT molecular complexity index is 637. The van der Waals surface area contributed by atoms with E-state index in [1.807, 2.05) is 0 Å². The second-order valence-electron chi connectivity index (χ2n) is 3.46. The highest BCUT2D eigenvalue weighted by molar-refractivity contribution is 9.10. The largest absolute Gasteiger partial charge is 0.456 e. The van der Waals surface area contributed by atoms with Crippen LogP contribution >= 0.6 is 43.5 Å². The number of nitriles is 1. The van der Waals surface area contributed by atoms with Crippen LogP contribution < -0.4 is 4.74 Å². The standard InChI is InChI=1S/C13H6Br2ClNO/c14-9-3-8(7-17)4-11(5-9)18-13-2-1-10(16)6-12(13)15/h1-6H. The minimum atomic E-state index is 0.532. The van der Waals surface area contributed by atoms with Gasteiger partial charge in [-0.2, -0.15) is 5.26 Å². The number of rotatable bonds is 2.